The molecule has 1 aliphatic rings. The first-order valence-electron chi connectivity index (χ1n) is 6.29. The summed E-state index contributed by atoms with van der Waals surface area (Å²) in [7, 11) is -2.77. The number of anilines is 1. The Balaban J connectivity index is 2.46. The molecule has 1 heterocycles. The van der Waals surface area contributed by atoms with E-state index in [9.17, 15) is 23.1 Å². The number of hydrogen-bond donors (Lipinski definition) is 1. The van der Waals surface area contributed by atoms with Gasteiger partial charge >= 0.3 is 11.9 Å². The van der Waals surface area contributed by atoms with Gasteiger partial charge in [0.1, 0.15) is 0 Å². The molecule has 1 aromatic rings. The molecule has 0 amide bonds. The molecule has 8 heteroatoms. The SMILES string of the molecule is COC(=O)CS(=O)(=O)N1CCCc2c(C(=O)O)cccc21. The fourth-order valence-corrected chi connectivity index (χ4v) is 3.82. The Morgan fingerprint density at radius 3 is 2.71 bits per heavy atom. The number of nitrogens with zero attached hydrogens (tertiary/aromatic N) is 1. The summed E-state index contributed by atoms with van der Waals surface area (Å²) >= 11 is 0. The van der Waals surface area contributed by atoms with Crippen molar-refractivity contribution in [3.05, 3.63) is 29.3 Å². The maximum atomic E-state index is 12.3. The van der Waals surface area contributed by atoms with Crippen LogP contribution in [-0.2, 0) is 26.0 Å². The van der Waals surface area contributed by atoms with Gasteiger partial charge in [-0.3, -0.25) is 9.10 Å². The second kappa shape index (κ2) is 5.72. The molecule has 2 rings (SSSR count). The fraction of sp³-hybridized carbons (Fsp3) is 0.385. The fourth-order valence-electron chi connectivity index (χ4n) is 2.37. The lowest BCUT2D eigenvalue weighted by molar-refractivity contribution is -0.137. The van der Waals surface area contributed by atoms with E-state index in [1.165, 1.54) is 12.1 Å². The topological polar surface area (TPSA) is 101 Å². The number of carbonyl (C=O) groups is 2. The minimum absolute atomic E-state index is 0.0884. The Kier molecular flexibility index (Phi) is 4.17. The molecule has 0 bridgehead atoms. The molecule has 0 fully saturated rings. The lowest BCUT2D eigenvalue weighted by Gasteiger charge is -2.30. The van der Waals surface area contributed by atoms with E-state index in [0.29, 0.717) is 24.1 Å². The maximum absolute atomic E-state index is 12.3. The Labute approximate surface area is 122 Å². The van der Waals surface area contributed by atoms with Gasteiger partial charge in [0.05, 0.1) is 18.4 Å². The number of rotatable bonds is 4. The Morgan fingerprint density at radius 1 is 1.38 bits per heavy atom. The van der Waals surface area contributed by atoms with Gasteiger partial charge in [-0.1, -0.05) is 6.07 Å². The minimum Gasteiger partial charge on any atom is -0.478 e. The van der Waals surface area contributed by atoms with Crippen LogP contribution in [0.2, 0.25) is 0 Å². The average Bonchev–Trinajstić information content (AvgIpc) is 2.45. The zero-order chi connectivity index (χ0) is 15.6. The summed E-state index contributed by atoms with van der Waals surface area (Å²) in [6, 6.07) is 4.49. The Morgan fingerprint density at radius 2 is 2.10 bits per heavy atom. The van der Waals surface area contributed by atoms with Gasteiger partial charge in [-0.05, 0) is 30.5 Å². The zero-order valence-corrected chi connectivity index (χ0v) is 12.2. The largest absolute Gasteiger partial charge is 0.478 e. The number of esters is 1. The van der Waals surface area contributed by atoms with Crippen LogP contribution < -0.4 is 4.31 Å². The molecule has 0 radical (unpaired) electrons. The van der Waals surface area contributed by atoms with Crippen LogP contribution in [0.1, 0.15) is 22.3 Å². The Hall–Kier alpha value is -2.09. The predicted molar refractivity (Wildman–Crippen MR) is 74.9 cm³/mol. The van der Waals surface area contributed by atoms with Crippen molar-refractivity contribution in [1.29, 1.82) is 0 Å². The summed E-state index contributed by atoms with van der Waals surface area (Å²) in [6.07, 6.45) is 0.986. The number of carboxylic acid groups (broad SMARTS) is 1. The number of sulfonamides is 1. The standard InChI is InChI=1S/C13H15NO6S/c1-20-12(15)8-21(18,19)14-7-3-5-9-10(13(16)17)4-2-6-11(9)14/h2,4,6H,3,5,7-8H2,1H3,(H,16,17). The van der Waals surface area contributed by atoms with Gasteiger partial charge in [-0.25, -0.2) is 13.2 Å². The van der Waals surface area contributed by atoms with Gasteiger partial charge < -0.3 is 9.84 Å². The summed E-state index contributed by atoms with van der Waals surface area (Å²) in [6.45, 7) is 0.218. The molecule has 1 N–H and O–H groups in total. The summed E-state index contributed by atoms with van der Waals surface area (Å²) in [5.41, 5.74) is 0.889. The highest BCUT2D eigenvalue weighted by Crippen LogP contribution is 2.32. The summed E-state index contributed by atoms with van der Waals surface area (Å²) < 4.78 is 30.0. The van der Waals surface area contributed by atoms with Crippen LogP contribution >= 0.6 is 0 Å². The van der Waals surface area contributed by atoms with Crippen LogP contribution in [0.3, 0.4) is 0 Å². The number of benzene rings is 1. The number of methoxy groups -OCH3 is 1. The normalized spacial score (nSPS) is 14.4. The monoisotopic (exact) mass is 313 g/mol. The van der Waals surface area contributed by atoms with E-state index in [2.05, 4.69) is 4.74 Å². The molecule has 0 saturated heterocycles. The van der Waals surface area contributed by atoms with E-state index < -0.39 is 27.7 Å². The summed E-state index contributed by atoms with van der Waals surface area (Å²) in [5.74, 6) is -2.71. The molecule has 1 aliphatic heterocycles. The number of carbonyl (C=O) groups excluding carboxylic acids is 1. The molecule has 0 saturated carbocycles. The highest BCUT2D eigenvalue weighted by Gasteiger charge is 2.31. The van der Waals surface area contributed by atoms with Gasteiger partial charge in [0.2, 0.25) is 10.0 Å². The summed E-state index contributed by atoms with van der Waals surface area (Å²) in [5, 5.41) is 9.17. The van der Waals surface area contributed by atoms with E-state index in [4.69, 9.17) is 0 Å². The van der Waals surface area contributed by atoms with Crippen LogP contribution in [0.4, 0.5) is 5.69 Å². The first kappa shape index (κ1) is 15.3. The van der Waals surface area contributed by atoms with Crippen LogP contribution in [0.5, 0.6) is 0 Å². The molecule has 114 valence electrons. The van der Waals surface area contributed by atoms with Crippen molar-refractivity contribution in [2.45, 2.75) is 12.8 Å². The van der Waals surface area contributed by atoms with Gasteiger partial charge in [0, 0.05) is 6.54 Å². The number of carboxylic acids is 1. The van der Waals surface area contributed by atoms with Gasteiger partial charge in [-0.15, -0.1) is 0 Å². The molecule has 0 unspecified atom stereocenters. The van der Waals surface area contributed by atoms with E-state index in [1.54, 1.807) is 6.07 Å². The molecule has 0 aromatic heterocycles. The molecule has 0 atom stereocenters. The van der Waals surface area contributed by atoms with Gasteiger partial charge in [0.25, 0.3) is 0 Å². The van der Waals surface area contributed by atoms with Crippen molar-refractivity contribution < 1.29 is 27.9 Å². The molecular formula is C13H15NO6S. The number of hydrogen-bond acceptors (Lipinski definition) is 5. The van der Waals surface area contributed by atoms with Crippen LogP contribution in [0.25, 0.3) is 0 Å². The van der Waals surface area contributed by atoms with Crippen molar-refractivity contribution >= 4 is 27.6 Å². The first-order valence-corrected chi connectivity index (χ1v) is 7.90. The zero-order valence-electron chi connectivity index (χ0n) is 11.4. The minimum atomic E-state index is -3.88. The van der Waals surface area contributed by atoms with Gasteiger partial charge in [-0.2, -0.15) is 0 Å². The third kappa shape index (κ3) is 2.99. The molecule has 21 heavy (non-hydrogen) atoms. The van der Waals surface area contributed by atoms with Crippen molar-refractivity contribution in [3.8, 4) is 0 Å². The first-order chi connectivity index (χ1) is 9.86. The van der Waals surface area contributed by atoms with Crippen molar-refractivity contribution in [3.63, 3.8) is 0 Å². The highest BCUT2D eigenvalue weighted by molar-refractivity contribution is 7.93. The highest BCUT2D eigenvalue weighted by atomic mass is 32.2. The molecule has 0 spiro atoms. The number of ether oxygens (including phenoxy) is 1. The van der Waals surface area contributed by atoms with E-state index in [1.807, 2.05) is 0 Å². The smallest absolute Gasteiger partial charge is 0.336 e. The summed E-state index contributed by atoms with van der Waals surface area (Å²) in [4.78, 5) is 22.4. The van der Waals surface area contributed by atoms with E-state index >= 15 is 0 Å². The van der Waals surface area contributed by atoms with Gasteiger partial charge in [0.15, 0.2) is 5.75 Å². The maximum Gasteiger partial charge on any atom is 0.336 e. The quantitative estimate of drug-likeness (QED) is 0.819. The second-order valence-corrected chi connectivity index (χ2v) is 6.51. The molecule has 0 aliphatic carbocycles. The molecule has 1 aromatic carbocycles. The van der Waals surface area contributed by atoms with Crippen LogP contribution in [-0.4, -0.2) is 44.9 Å². The van der Waals surface area contributed by atoms with Crippen molar-refractivity contribution in [1.82, 2.24) is 0 Å². The lowest BCUT2D eigenvalue weighted by Crippen LogP contribution is -2.39. The van der Waals surface area contributed by atoms with E-state index in [-0.39, 0.29) is 12.1 Å². The predicted octanol–water partition coefficient (Wildman–Crippen LogP) is 0.640. The van der Waals surface area contributed by atoms with E-state index in [0.717, 1.165) is 11.4 Å². The average molecular weight is 313 g/mol. The molecule has 7 nitrogen and oxygen atoms in total. The number of aromatic carboxylic acids is 1. The van der Waals surface area contributed by atoms with Crippen molar-refractivity contribution in [2.24, 2.45) is 0 Å². The van der Waals surface area contributed by atoms with Crippen molar-refractivity contribution in [2.75, 3.05) is 23.7 Å². The lowest BCUT2D eigenvalue weighted by atomic mass is 9.98. The third-order valence-corrected chi connectivity index (χ3v) is 4.95. The Bertz CT molecular complexity index is 682. The third-order valence-electron chi connectivity index (χ3n) is 3.30. The second-order valence-electron chi connectivity index (χ2n) is 4.62. The van der Waals surface area contributed by atoms with Crippen LogP contribution in [0.15, 0.2) is 18.2 Å². The van der Waals surface area contributed by atoms with Crippen LogP contribution in [0, 0.1) is 0 Å². The molecular weight excluding hydrogens is 298 g/mol. The number of fused-ring (bicyclic) bond motifs is 1.